The molecule has 0 amide bonds. The standard InChI is InChI=1S/C42H24O/c1-3-9-27-21-29(17-15-25(27)7-1)30-19-20-34-38(24-30)43-42-36-14-6-12-33-37(31-18-16-26-8-2-4-10-28(26)22-31)23-32-11-5-13-35(41(34)42)39(32)40(33)36/h1-24H. The maximum Gasteiger partial charge on any atom is 0.143 e. The lowest BCUT2D eigenvalue weighted by Gasteiger charge is -2.16. The van der Waals surface area contributed by atoms with Gasteiger partial charge < -0.3 is 4.42 Å². The zero-order valence-corrected chi connectivity index (χ0v) is 23.3. The van der Waals surface area contributed by atoms with Gasteiger partial charge in [0.15, 0.2) is 0 Å². The summed E-state index contributed by atoms with van der Waals surface area (Å²) in [6.07, 6.45) is 0. The maximum atomic E-state index is 6.82. The highest BCUT2D eigenvalue weighted by Gasteiger charge is 2.21. The van der Waals surface area contributed by atoms with Crippen molar-refractivity contribution in [3.8, 4) is 22.3 Å². The van der Waals surface area contributed by atoms with Crippen molar-refractivity contribution in [2.45, 2.75) is 0 Å². The van der Waals surface area contributed by atoms with Crippen LogP contribution in [-0.4, -0.2) is 0 Å². The van der Waals surface area contributed by atoms with E-state index in [1.807, 2.05) is 0 Å². The van der Waals surface area contributed by atoms with E-state index in [1.54, 1.807) is 0 Å². The first-order valence-electron chi connectivity index (χ1n) is 14.8. The third-order valence-electron chi connectivity index (χ3n) is 9.35. The van der Waals surface area contributed by atoms with Crippen LogP contribution in [0.25, 0.3) is 98.1 Å². The lowest BCUT2D eigenvalue weighted by Crippen LogP contribution is -1.89. The first-order chi connectivity index (χ1) is 21.3. The van der Waals surface area contributed by atoms with Gasteiger partial charge in [0, 0.05) is 21.5 Å². The van der Waals surface area contributed by atoms with E-state index in [-0.39, 0.29) is 0 Å². The van der Waals surface area contributed by atoms with Crippen molar-refractivity contribution < 1.29 is 4.42 Å². The molecule has 0 radical (unpaired) electrons. The molecule has 43 heavy (non-hydrogen) atoms. The Morgan fingerprint density at radius 1 is 0.326 bits per heavy atom. The van der Waals surface area contributed by atoms with Crippen molar-refractivity contribution in [3.05, 3.63) is 146 Å². The predicted molar refractivity (Wildman–Crippen MR) is 183 cm³/mol. The van der Waals surface area contributed by atoms with E-state index in [4.69, 9.17) is 4.42 Å². The minimum atomic E-state index is 0.923. The van der Waals surface area contributed by atoms with Crippen LogP contribution in [0, 0.1) is 0 Å². The monoisotopic (exact) mass is 544 g/mol. The van der Waals surface area contributed by atoms with E-state index in [2.05, 4.69) is 146 Å². The quantitative estimate of drug-likeness (QED) is 0.197. The zero-order valence-electron chi connectivity index (χ0n) is 23.3. The Morgan fingerprint density at radius 2 is 0.930 bits per heavy atom. The fraction of sp³-hybridized carbons (Fsp3) is 0. The first-order valence-corrected chi connectivity index (χ1v) is 14.8. The minimum absolute atomic E-state index is 0.923. The Labute approximate surface area is 247 Å². The molecule has 1 aromatic heterocycles. The van der Waals surface area contributed by atoms with Gasteiger partial charge in [0.1, 0.15) is 11.2 Å². The van der Waals surface area contributed by atoms with Crippen molar-refractivity contribution >= 4 is 75.8 Å². The molecule has 0 fully saturated rings. The van der Waals surface area contributed by atoms with Gasteiger partial charge in [-0.15, -0.1) is 0 Å². The molecule has 0 saturated carbocycles. The number of hydrogen-bond acceptors (Lipinski definition) is 1. The minimum Gasteiger partial charge on any atom is -0.455 e. The molecular weight excluding hydrogens is 520 g/mol. The summed E-state index contributed by atoms with van der Waals surface area (Å²) in [6, 6.07) is 53.0. The van der Waals surface area contributed by atoms with Crippen molar-refractivity contribution in [2.24, 2.45) is 0 Å². The second kappa shape index (κ2) is 8.44. The third kappa shape index (κ3) is 3.22. The van der Waals surface area contributed by atoms with Crippen LogP contribution in [0.15, 0.2) is 150 Å². The van der Waals surface area contributed by atoms with Crippen molar-refractivity contribution in [2.75, 3.05) is 0 Å². The Hall–Kier alpha value is -5.66. The highest BCUT2D eigenvalue weighted by molar-refractivity contribution is 6.38. The number of fused-ring (bicyclic) bond motifs is 7. The molecule has 1 nitrogen and oxygen atoms in total. The molecule has 1 heterocycles. The summed E-state index contributed by atoms with van der Waals surface area (Å²) in [5.74, 6) is 0. The molecular formula is C42H24O. The van der Waals surface area contributed by atoms with E-state index in [1.165, 1.54) is 75.9 Å². The molecule has 0 aliphatic carbocycles. The van der Waals surface area contributed by atoms with Gasteiger partial charge >= 0.3 is 0 Å². The normalized spacial score (nSPS) is 12.2. The number of hydrogen-bond donors (Lipinski definition) is 0. The molecule has 0 aliphatic rings. The molecule has 0 saturated heterocycles. The average Bonchev–Trinajstić information content (AvgIpc) is 3.46. The van der Waals surface area contributed by atoms with Gasteiger partial charge in [-0.2, -0.15) is 0 Å². The molecule has 198 valence electrons. The van der Waals surface area contributed by atoms with Crippen LogP contribution in [-0.2, 0) is 0 Å². The van der Waals surface area contributed by atoms with Crippen LogP contribution >= 0.6 is 0 Å². The topological polar surface area (TPSA) is 13.1 Å². The molecule has 10 rings (SSSR count). The van der Waals surface area contributed by atoms with Crippen LogP contribution in [0.5, 0.6) is 0 Å². The van der Waals surface area contributed by atoms with Gasteiger partial charge in [-0.25, -0.2) is 0 Å². The maximum absolute atomic E-state index is 6.82. The van der Waals surface area contributed by atoms with E-state index in [9.17, 15) is 0 Å². The van der Waals surface area contributed by atoms with Crippen LogP contribution < -0.4 is 0 Å². The highest BCUT2D eigenvalue weighted by atomic mass is 16.3. The van der Waals surface area contributed by atoms with E-state index in [0.29, 0.717) is 0 Å². The average molecular weight is 545 g/mol. The van der Waals surface area contributed by atoms with Crippen molar-refractivity contribution in [1.29, 1.82) is 0 Å². The van der Waals surface area contributed by atoms with Crippen LogP contribution in [0.4, 0.5) is 0 Å². The van der Waals surface area contributed by atoms with Gasteiger partial charge in [0.2, 0.25) is 0 Å². The molecule has 0 aliphatic heterocycles. The van der Waals surface area contributed by atoms with E-state index in [0.717, 1.165) is 22.1 Å². The Balaban J connectivity index is 1.27. The van der Waals surface area contributed by atoms with Crippen LogP contribution in [0.2, 0.25) is 0 Å². The molecule has 0 atom stereocenters. The van der Waals surface area contributed by atoms with Crippen molar-refractivity contribution in [1.82, 2.24) is 0 Å². The first kappa shape index (κ1) is 23.0. The largest absolute Gasteiger partial charge is 0.455 e. The van der Waals surface area contributed by atoms with Gasteiger partial charge in [0.25, 0.3) is 0 Å². The van der Waals surface area contributed by atoms with Gasteiger partial charge in [0.05, 0.1) is 0 Å². The van der Waals surface area contributed by atoms with Gasteiger partial charge in [-0.1, -0.05) is 115 Å². The summed E-state index contributed by atoms with van der Waals surface area (Å²) in [5.41, 5.74) is 6.74. The third-order valence-corrected chi connectivity index (χ3v) is 9.35. The number of rotatable bonds is 2. The van der Waals surface area contributed by atoms with Gasteiger partial charge in [-0.05, 0) is 95.7 Å². The second-order valence-corrected chi connectivity index (χ2v) is 11.7. The fourth-order valence-corrected chi connectivity index (χ4v) is 7.34. The lowest BCUT2D eigenvalue weighted by atomic mass is 9.87. The molecule has 0 spiro atoms. The summed E-state index contributed by atoms with van der Waals surface area (Å²) >= 11 is 0. The predicted octanol–water partition coefficient (Wildman–Crippen LogP) is 12.1. The summed E-state index contributed by atoms with van der Waals surface area (Å²) in [5, 5.41) is 14.9. The summed E-state index contributed by atoms with van der Waals surface area (Å²) < 4.78 is 6.82. The summed E-state index contributed by atoms with van der Waals surface area (Å²) in [4.78, 5) is 0. The van der Waals surface area contributed by atoms with Crippen LogP contribution in [0.3, 0.4) is 0 Å². The molecule has 0 N–H and O–H groups in total. The second-order valence-electron chi connectivity index (χ2n) is 11.7. The number of benzene rings is 9. The Bertz CT molecular complexity index is 2730. The SMILES string of the molecule is c1ccc2cc(-c3ccc4c(c3)oc3c5cccc6c(-c7ccc8ccccc8c7)cc7cccc(c43)c7c65)ccc2c1. The zero-order chi connectivity index (χ0) is 28.1. The Kier molecular flexibility index (Phi) is 4.51. The molecule has 0 bridgehead atoms. The summed E-state index contributed by atoms with van der Waals surface area (Å²) in [7, 11) is 0. The van der Waals surface area contributed by atoms with Crippen LogP contribution in [0.1, 0.15) is 0 Å². The number of furan rings is 1. The molecule has 10 aromatic rings. The van der Waals surface area contributed by atoms with Gasteiger partial charge in [-0.3, -0.25) is 0 Å². The lowest BCUT2D eigenvalue weighted by molar-refractivity contribution is 0.673. The van der Waals surface area contributed by atoms with E-state index < -0.39 is 0 Å². The van der Waals surface area contributed by atoms with Crippen molar-refractivity contribution in [3.63, 3.8) is 0 Å². The smallest absolute Gasteiger partial charge is 0.143 e. The van der Waals surface area contributed by atoms with E-state index >= 15 is 0 Å². The molecule has 0 unspecified atom stereocenters. The summed E-state index contributed by atoms with van der Waals surface area (Å²) in [6.45, 7) is 0. The fourth-order valence-electron chi connectivity index (χ4n) is 7.34. The molecule has 1 heteroatoms. The Morgan fingerprint density at radius 3 is 1.74 bits per heavy atom. The molecule has 9 aromatic carbocycles. The highest BCUT2D eigenvalue weighted by Crippen LogP contribution is 2.47.